The summed E-state index contributed by atoms with van der Waals surface area (Å²) in [6.45, 7) is 3.18. The second kappa shape index (κ2) is 15.8. The predicted octanol–water partition coefficient (Wildman–Crippen LogP) is 4.09. The number of alkyl carbamates (subject to hydrolysis) is 1. The molecule has 1 saturated heterocycles. The third kappa shape index (κ3) is 8.76. The summed E-state index contributed by atoms with van der Waals surface area (Å²) < 4.78 is 96.9. The Hall–Kier alpha value is -4.42. The van der Waals surface area contributed by atoms with Crippen LogP contribution in [0.3, 0.4) is 0 Å². The average molecular weight is 817 g/mol. The molecule has 0 spiro atoms. The number of hydrogen-bond donors (Lipinski definition) is 3. The molecule has 2 saturated carbocycles. The summed E-state index contributed by atoms with van der Waals surface area (Å²) in [4.78, 5) is 70.0. The molecule has 0 radical (unpaired) electrons. The molecule has 310 valence electrons. The van der Waals surface area contributed by atoms with Crippen molar-refractivity contribution in [2.24, 2.45) is 17.8 Å². The highest BCUT2D eigenvalue weighted by Gasteiger charge is 2.64. The molecule has 0 bridgehead atoms. The molecule has 3 fully saturated rings. The average Bonchev–Trinajstić information content (AvgIpc) is 4.02. The van der Waals surface area contributed by atoms with Gasteiger partial charge < -0.3 is 29.7 Å². The van der Waals surface area contributed by atoms with Crippen molar-refractivity contribution >= 4 is 39.8 Å². The zero-order chi connectivity index (χ0) is 41.4. The first kappa shape index (κ1) is 42.7. The van der Waals surface area contributed by atoms with Crippen molar-refractivity contribution in [3.8, 4) is 5.75 Å². The highest BCUT2D eigenvalue weighted by Crippen LogP contribution is 2.48. The van der Waals surface area contributed by atoms with Gasteiger partial charge in [0.25, 0.3) is 5.91 Å². The van der Waals surface area contributed by atoms with Crippen LogP contribution in [0.1, 0.15) is 83.0 Å². The monoisotopic (exact) mass is 816 g/mol. The fourth-order valence-electron chi connectivity index (χ4n) is 7.22. The van der Waals surface area contributed by atoms with Crippen molar-refractivity contribution in [2.45, 2.75) is 113 Å². The Balaban J connectivity index is 1.49. The summed E-state index contributed by atoms with van der Waals surface area (Å²) in [5, 5.41) is 4.93. The Morgan fingerprint density at radius 3 is 2.38 bits per heavy atom. The topological polar surface area (TPSA) is 187 Å². The molecule has 56 heavy (non-hydrogen) atoms. The Bertz CT molecular complexity index is 1850. The Morgan fingerprint density at radius 2 is 1.75 bits per heavy atom. The number of methoxy groups -OCH3 is 1. The molecule has 4 aliphatic rings. The van der Waals surface area contributed by atoms with Crippen LogP contribution in [0.15, 0.2) is 36.4 Å². The lowest BCUT2D eigenvalue weighted by Crippen LogP contribution is -2.60. The smallest absolute Gasteiger partial charge is 0.427 e. The van der Waals surface area contributed by atoms with E-state index in [0.29, 0.717) is 33.1 Å². The van der Waals surface area contributed by atoms with Crippen molar-refractivity contribution in [2.75, 3.05) is 20.3 Å². The van der Waals surface area contributed by atoms with E-state index < -0.39 is 105 Å². The van der Waals surface area contributed by atoms with Gasteiger partial charge in [-0.3, -0.25) is 19.1 Å². The molecule has 1 aromatic rings. The molecule has 7 atom stereocenters. The van der Waals surface area contributed by atoms with Crippen molar-refractivity contribution in [1.82, 2.24) is 20.3 Å². The van der Waals surface area contributed by atoms with Crippen molar-refractivity contribution in [3.05, 3.63) is 42.0 Å². The molecule has 19 heteroatoms. The number of rotatable bonds is 9. The predicted molar refractivity (Wildman–Crippen MR) is 191 cm³/mol. The number of allylic oxidation sites excluding steroid dienone is 1. The minimum atomic E-state index is -4.95. The van der Waals surface area contributed by atoms with Crippen LogP contribution in [0.2, 0.25) is 0 Å². The van der Waals surface area contributed by atoms with Gasteiger partial charge in [-0.2, -0.15) is 13.2 Å². The Labute approximate surface area is 322 Å². The summed E-state index contributed by atoms with van der Waals surface area (Å²) >= 11 is 0. The number of ether oxygens (including phenoxy) is 3. The van der Waals surface area contributed by atoms with E-state index in [0.717, 1.165) is 4.90 Å². The van der Waals surface area contributed by atoms with Crippen LogP contribution in [-0.2, 0) is 33.9 Å². The number of amides is 4. The maximum absolute atomic E-state index is 14.6. The van der Waals surface area contributed by atoms with E-state index in [1.165, 1.54) is 19.2 Å². The first-order chi connectivity index (χ1) is 26.1. The molecule has 2 aliphatic heterocycles. The molecular formula is C37H48F4N4O10S. The van der Waals surface area contributed by atoms with Gasteiger partial charge in [-0.1, -0.05) is 38.1 Å². The third-order valence-electron chi connectivity index (χ3n) is 11.2. The molecule has 14 nitrogen and oxygen atoms in total. The molecule has 3 N–H and O–H groups in total. The number of esters is 1. The second-order valence-corrected chi connectivity index (χ2v) is 17.9. The number of nitrogens with zero attached hydrogens (tertiary/aromatic N) is 1. The fraction of sp³-hybridized carbons (Fsp3) is 0.649. The zero-order valence-corrected chi connectivity index (χ0v) is 32.6. The Kier molecular flexibility index (Phi) is 12.1. The van der Waals surface area contributed by atoms with Gasteiger partial charge >= 0.3 is 18.2 Å². The summed E-state index contributed by atoms with van der Waals surface area (Å²) in [5.74, 6) is -5.08. The lowest BCUT2D eigenvalue weighted by Gasteiger charge is -2.34. The number of para-hydroxylation sites is 1. The first-order valence-electron chi connectivity index (χ1n) is 18.4. The lowest BCUT2D eigenvalue weighted by molar-refractivity contribution is -0.244. The summed E-state index contributed by atoms with van der Waals surface area (Å²) in [7, 11) is -3.14. The number of halogens is 4. The van der Waals surface area contributed by atoms with E-state index in [2.05, 4.69) is 10.6 Å². The number of nitrogens with one attached hydrogen (secondary N) is 3. The summed E-state index contributed by atoms with van der Waals surface area (Å²) in [6, 6.07) is 3.15. The number of carbonyl (C=O) groups is 5. The maximum Gasteiger partial charge on any atom is 0.427 e. The van der Waals surface area contributed by atoms with Crippen LogP contribution >= 0.6 is 0 Å². The van der Waals surface area contributed by atoms with Crippen LogP contribution in [0, 0.1) is 17.8 Å². The molecule has 1 aromatic carbocycles. The number of sulfonamides is 1. The zero-order valence-electron chi connectivity index (χ0n) is 31.7. The summed E-state index contributed by atoms with van der Waals surface area (Å²) in [5.41, 5.74) is -4.69. The van der Waals surface area contributed by atoms with Crippen LogP contribution in [0.25, 0.3) is 0 Å². The van der Waals surface area contributed by atoms with Crippen LogP contribution < -0.4 is 20.1 Å². The van der Waals surface area contributed by atoms with Gasteiger partial charge in [0, 0.05) is 12.3 Å². The van der Waals surface area contributed by atoms with Gasteiger partial charge in [0.05, 0.1) is 13.7 Å². The van der Waals surface area contributed by atoms with Gasteiger partial charge in [-0.15, -0.1) is 0 Å². The van der Waals surface area contributed by atoms with Crippen molar-refractivity contribution in [3.63, 3.8) is 0 Å². The minimum Gasteiger partial charge on any atom is -0.496 e. The van der Waals surface area contributed by atoms with Crippen LogP contribution in [0.5, 0.6) is 5.75 Å². The molecule has 2 aliphatic carbocycles. The van der Waals surface area contributed by atoms with Gasteiger partial charge in [0.1, 0.15) is 46.5 Å². The fourth-order valence-corrected chi connectivity index (χ4v) is 8.65. The number of benzene rings is 1. The van der Waals surface area contributed by atoms with Gasteiger partial charge in [-0.25, -0.2) is 22.4 Å². The SMILES string of the molecule is COc1ccccc1C(=O)OC1CC2C(=O)NC3(C(=O)NS(=O)(=O)C4(CF)CC4)CC3C=CCCC(C)CC(C)C(NC(=O)OC(C)(C)C(F)(F)F)C(=O)N2C1. The largest absolute Gasteiger partial charge is 0.496 e. The van der Waals surface area contributed by atoms with E-state index in [-0.39, 0.29) is 42.9 Å². The number of carbonyl (C=O) groups excluding carboxylic acids is 5. The molecule has 5 rings (SSSR count). The third-order valence-corrected chi connectivity index (χ3v) is 13.3. The van der Waals surface area contributed by atoms with Crippen LogP contribution in [0.4, 0.5) is 22.4 Å². The number of hydrogen-bond acceptors (Lipinski definition) is 10. The van der Waals surface area contributed by atoms with E-state index in [1.54, 1.807) is 31.2 Å². The number of fused-ring (bicyclic) bond motifs is 2. The van der Waals surface area contributed by atoms with Gasteiger partial charge in [0.2, 0.25) is 27.4 Å². The lowest BCUT2D eigenvalue weighted by atomic mass is 9.88. The molecule has 4 amide bonds. The molecule has 0 aromatic heterocycles. The molecule has 2 heterocycles. The molecular weight excluding hydrogens is 768 g/mol. The van der Waals surface area contributed by atoms with Gasteiger partial charge in [0.15, 0.2) is 0 Å². The van der Waals surface area contributed by atoms with Gasteiger partial charge in [-0.05, 0) is 76.3 Å². The first-order valence-corrected chi connectivity index (χ1v) is 19.9. The molecule has 7 unspecified atom stereocenters. The van der Waals surface area contributed by atoms with E-state index in [4.69, 9.17) is 14.2 Å². The maximum atomic E-state index is 14.6. The highest BCUT2D eigenvalue weighted by atomic mass is 32.2. The normalized spacial score (nSPS) is 29.3. The number of alkyl halides is 4. The Morgan fingerprint density at radius 1 is 1.07 bits per heavy atom. The van der Waals surface area contributed by atoms with Crippen LogP contribution in [-0.4, -0.2) is 104 Å². The van der Waals surface area contributed by atoms with E-state index in [1.807, 2.05) is 11.6 Å². The minimum absolute atomic E-state index is 0.00989. The second-order valence-electron chi connectivity index (χ2n) is 15.8. The van der Waals surface area contributed by atoms with Crippen molar-refractivity contribution in [1.29, 1.82) is 0 Å². The van der Waals surface area contributed by atoms with E-state index >= 15 is 0 Å². The highest BCUT2D eigenvalue weighted by molar-refractivity contribution is 7.91. The quantitative estimate of drug-likeness (QED) is 0.186. The standard InChI is InChI=1S/C37H48F4N4O10S/c1-21-10-6-7-11-23-18-36(23,32(49)44-56(51,52)35(20-38)14-15-35)43-29(46)26-17-24(54-31(48)25-12-8-9-13-27(25)53-5)19-45(26)30(47)28(22(2)16-21)42-33(50)55-34(3,4)37(39,40)41/h7-9,11-13,21-24,26,28H,6,10,14-20H2,1-5H3,(H,42,50)(H,43,46)(H,44,49). The van der Waals surface area contributed by atoms with E-state index in [9.17, 15) is 50.0 Å². The van der Waals surface area contributed by atoms with Crippen molar-refractivity contribution < 1.29 is 64.2 Å². The summed E-state index contributed by atoms with van der Waals surface area (Å²) in [6.07, 6.45) is -3.17.